The Morgan fingerprint density at radius 1 is 1.06 bits per heavy atom. The van der Waals surface area contributed by atoms with Gasteiger partial charge in [0.15, 0.2) is 0 Å². The molecule has 0 atom stereocenters. The largest absolute Gasteiger partial charge is 0.497 e. The molecule has 1 heterocycles. The van der Waals surface area contributed by atoms with E-state index in [9.17, 15) is 18.8 Å². The summed E-state index contributed by atoms with van der Waals surface area (Å²) in [6.07, 6.45) is 0. The van der Waals surface area contributed by atoms with Crippen molar-refractivity contribution in [2.45, 2.75) is 6.54 Å². The fraction of sp³-hybridized carbons (Fsp3) is 0.0833. The van der Waals surface area contributed by atoms with Gasteiger partial charge in [-0.3, -0.25) is 14.2 Å². The number of benzene rings is 3. The van der Waals surface area contributed by atoms with Gasteiger partial charge in [0.2, 0.25) is 5.69 Å². The van der Waals surface area contributed by atoms with E-state index < -0.39 is 28.7 Å². The third kappa shape index (κ3) is 4.74. The normalized spacial score (nSPS) is 10.7. The van der Waals surface area contributed by atoms with Crippen LogP contribution in [0.25, 0.3) is 5.69 Å². The molecular weight excluding hydrogens is 463 g/mol. The lowest BCUT2D eigenvalue weighted by Crippen LogP contribution is -2.45. The maximum atomic E-state index is 13.6. The van der Waals surface area contributed by atoms with Crippen molar-refractivity contribution >= 4 is 23.2 Å². The van der Waals surface area contributed by atoms with Gasteiger partial charge in [-0.15, -0.1) is 0 Å². The number of carbonyl (C=O) groups excluding carboxylic acids is 1. The summed E-state index contributed by atoms with van der Waals surface area (Å²) in [5, 5.41) is 6.83. The molecule has 0 bridgehead atoms. The number of nitrogens with zero attached hydrogens (tertiary/aromatic N) is 3. The fourth-order valence-corrected chi connectivity index (χ4v) is 3.46. The number of amides is 1. The molecule has 0 radical (unpaired) electrons. The lowest BCUT2D eigenvalue weighted by Gasteiger charge is -2.13. The average Bonchev–Trinajstić information content (AvgIpc) is 2.83. The van der Waals surface area contributed by atoms with Gasteiger partial charge in [0.05, 0.1) is 19.3 Å². The fourth-order valence-electron chi connectivity index (χ4n) is 3.26. The Morgan fingerprint density at radius 3 is 2.56 bits per heavy atom. The van der Waals surface area contributed by atoms with Gasteiger partial charge in [-0.05, 0) is 42.0 Å². The Hall–Kier alpha value is -4.24. The number of methoxy groups -OCH3 is 1. The molecule has 3 aromatic carbocycles. The minimum Gasteiger partial charge on any atom is -0.497 e. The lowest BCUT2D eigenvalue weighted by atomic mass is 10.2. The highest BCUT2D eigenvalue weighted by molar-refractivity contribution is 6.31. The summed E-state index contributed by atoms with van der Waals surface area (Å²) < 4.78 is 20.6. The smallest absolute Gasteiger partial charge is 0.352 e. The van der Waals surface area contributed by atoms with Crippen LogP contribution in [0.15, 0.2) is 82.4 Å². The number of aromatic nitrogens is 3. The molecule has 0 saturated carbocycles. The van der Waals surface area contributed by atoms with E-state index in [1.807, 2.05) is 0 Å². The van der Waals surface area contributed by atoms with Crippen molar-refractivity contribution < 1.29 is 13.9 Å². The highest BCUT2D eigenvalue weighted by Gasteiger charge is 2.21. The second-order valence-corrected chi connectivity index (χ2v) is 7.60. The van der Waals surface area contributed by atoms with Crippen LogP contribution < -0.4 is 21.3 Å². The minimum atomic E-state index is -0.919. The first kappa shape index (κ1) is 22.9. The number of carbonyl (C=O) groups is 1. The first-order valence-electron chi connectivity index (χ1n) is 10.1. The van der Waals surface area contributed by atoms with E-state index in [2.05, 4.69) is 10.4 Å². The Bertz CT molecular complexity index is 1500. The number of rotatable bonds is 6. The molecule has 1 N–H and O–H groups in total. The molecule has 0 aliphatic rings. The van der Waals surface area contributed by atoms with Crippen molar-refractivity contribution in [1.82, 2.24) is 14.3 Å². The van der Waals surface area contributed by atoms with Gasteiger partial charge >= 0.3 is 5.69 Å². The Morgan fingerprint density at radius 2 is 1.82 bits per heavy atom. The molecule has 4 rings (SSSR count). The van der Waals surface area contributed by atoms with Crippen molar-refractivity contribution in [3.63, 3.8) is 0 Å². The van der Waals surface area contributed by atoms with Crippen LogP contribution in [0.4, 0.5) is 10.1 Å². The summed E-state index contributed by atoms with van der Waals surface area (Å²) in [6, 6.07) is 18.3. The Kier molecular flexibility index (Phi) is 6.55. The van der Waals surface area contributed by atoms with E-state index in [1.54, 1.807) is 42.5 Å². The highest BCUT2D eigenvalue weighted by atomic mass is 35.5. The maximum absolute atomic E-state index is 13.6. The summed E-state index contributed by atoms with van der Waals surface area (Å²) >= 11 is 6.23. The van der Waals surface area contributed by atoms with Gasteiger partial charge in [0, 0.05) is 16.8 Å². The standard InChI is InChI=1S/C24H18ClFN4O4/c1-34-19-10-5-9-18(13-19)30-24(33)29(14-15-6-2-3-11-20(15)25)23(32)21(28-30)22(31)27-17-8-4-7-16(26)12-17/h2-13H,14H2,1H3,(H,27,31). The lowest BCUT2D eigenvalue weighted by molar-refractivity contribution is 0.101. The van der Waals surface area contributed by atoms with E-state index in [1.165, 1.54) is 31.4 Å². The number of hydrogen-bond donors (Lipinski definition) is 1. The summed E-state index contributed by atoms with van der Waals surface area (Å²) in [4.78, 5) is 39.4. The molecule has 0 unspecified atom stereocenters. The van der Waals surface area contributed by atoms with E-state index in [-0.39, 0.29) is 17.9 Å². The first-order valence-corrected chi connectivity index (χ1v) is 10.4. The molecule has 0 aliphatic carbocycles. The zero-order valence-corrected chi connectivity index (χ0v) is 18.6. The number of anilines is 1. The zero-order chi connectivity index (χ0) is 24.2. The van der Waals surface area contributed by atoms with Gasteiger partial charge in [0.25, 0.3) is 11.5 Å². The van der Waals surface area contributed by atoms with Gasteiger partial charge in [-0.1, -0.05) is 41.9 Å². The molecule has 0 aliphatic heterocycles. The van der Waals surface area contributed by atoms with Crippen molar-refractivity contribution in [2.75, 3.05) is 12.4 Å². The summed E-state index contributed by atoms with van der Waals surface area (Å²) in [7, 11) is 1.46. The minimum absolute atomic E-state index is 0.128. The van der Waals surface area contributed by atoms with Crippen LogP contribution in [-0.4, -0.2) is 27.4 Å². The molecule has 34 heavy (non-hydrogen) atoms. The molecule has 0 spiro atoms. The summed E-state index contributed by atoms with van der Waals surface area (Å²) in [6.45, 7) is -0.190. The average molecular weight is 481 g/mol. The Labute approximate surface area is 197 Å². The second-order valence-electron chi connectivity index (χ2n) is 7.19. The Balaban J connectivity index is 1.88. The van der Waals surface area contributed by atoms with E-state index in [0.29, 0.717) is 16.3 Å². The van der Waals surface area contributed by atoms with Gasteiger partial charge in [-0.25, -0.2) is 9.18 Å². The van der Waals surface area contributed by atoms with Gasteiger partial charge < -0.3 is 10.1 Å². The molecule has 10 heteroatoms. The van der Waals surface area contributed by atoms with Crippen LogP contribution in [-0.2, 0) is 6.54 Å². The van der Waals surface area contributed by atoms with Crippen LogP contribution in [0.3, 0.4) is 0 Å². The number of nitrogens with one attached hydrogen (secondary N) is 1. The van der Waals surface area contributed by atoms with Crippen LogP contribution in [0.2, 0.25) is 5.02 Å². The monoisotopic (exact) mass is 480 g/mol. The van der Waals surface area contributed by atoms with E-state index >= 15 is 0 Å². The predicted molar refractivity (Wildman–Crippen MR) is 126 cm³/mol. The van der Waals surface area contributed by atoms with Crippen molar-refractivity contribution in [3.8, 4) is 11.4 Å². The van der Waals surface area contributed by atoms with Gasteiger partial charge in [-0.2, -0.15) is 9.78 Å². The quantitative estimate of drug-likeness (QED) is 0.456. The van der Waals surface area contributed by atoms with Crippen molar-refractivity contribution in [3.05, 3.63) is 116 Å². The van der Waals surface area contributed by atoms with Crippen LogP contribution in [0, 0.1) is 5.82 Å². The number of ether oxygens (including phenoxy) is 1. The molecule has 1 aromatic heterocycles. The third-order valence-electron chi connectivity index (χ3n) is 4.94. The topological polar surface area (TPSA) is 95.2 Å². The van der Waals surface area contributed by atoms with Crippen molar-refractivity contribution in [2.24, 2.45) is 0 Å². The first-order chi connectivity index (χ1) is 16.4. The number of hydrogen-bond acceptors (Lipinski definition) is 5. The van der Waals surface area contributed by atoms with Crippen LogP contribution in [0.5, 0.6) is 5.75 Å². The second kappa shape index (κ2) is 9.72. The summed E-state index contributed by atoms with van der Waals surface area (Å²) in [5.41, 5.74) is -1.35. The molecule has 4 aromatic rings. The molecule has 0 saturated heterocycles. The summed E-state index contributed by atoms with van der Waals surface area (Å²) in [5.74, 6) is -1.02. The zero-order valence-electron chi connectivity index (χ0n) is 17.9. The molecule has 8 nitrogen and oxygen atoms in total. The third-order valence-corrected chi connectivity index (χ3v) is 5.31. The van der Waals surface area contributed by atoms with Gasteiger partial charge in [0.1, 0.15) is 11.6 Å². The predicted octanol–water partition coefficient (Wildman–Crippen LogP) is 3.50. The highest BCUT2D eigenvalue weighted by Crippen LogP contribution is 2.17. The van der Waals surface area contributed by atoms with Crippen LogP contribution in [0.1, 0.15) is 16.1 Å². The van der Waals surface area contributed by atoms with E-state index in [4.69, 9.17) is 16.3 Å². The van der Waals surface area contributed by atoms with Crippen LogP contribution >= 0.6 is 11.6 Å². The van der Waals surface area contributed by atoms with E-state index in [0.717, 1.165) is 15.3 Å². The maximum Gasteiger partial charge on any atom is 0.352 e. The SMILES string of the molecule is COc1cccc(-n2nc(C(=O)Nc3cccc(F)c3)c(=O)n(Cc3ccccc3Cl)c2=O)c1. The number of halogens is 2. The van der Waals surface area contributed by atoms with Crippen molar-refractivity contribution in [1.29, 1.82) is 0 Å². The molecule has 172 valence electrons. The molecule has 1 amide bonds. The molecule has 0 fully saturated rings. The molecular formula is C24H18ClFN4O4.